The number of rotatable bonds is 8. The normalized spacial score (nSPS) is 15.0. The molecule has 4 N–H and O–H groups in total. The van der Waals surface area contributed by atoms with Crippen molar-refractivity contribution in [3.05, 3.63) is 84.0 Å². The van der Waals surface area contributed by atoms with Gasteiger partial charge in [0.15, 0.2) is 0 Å². The van der Waals surface area contributed by atoms with E-state index in [1.54, 1.807) is 29.3 Å². The zero-order chi connectivity index (χ0) is 25.5. The van der Waals surface area contributed by atoms with Crippen molar-refractivity contribution in [2.45, 2.75) is 25.5 Å². The van der Waals surface area contributed by atoms with Gasteiger partial charge in [0, 0.05) is 30.9 Å². The first-order chi connectivity index (χ1) is 17.5. The molecule has 182 valence electrons. The van der Waals surface area contributed by atoms with Crippen molar-refractivity contribution < 1.29 is 9.53 Å². The number of carbonyl (C=O) groups is 1. The van der Waals surface area contributed by atoms with E-state index < -0.39 is 0 Å². The molecule has 0 aliphatic carbocycles. The van der Waals surface area contributed by atoms with Crippen LogP contribution < -0.4 is 15.8 Å². The highest BCUT2D eigenvalue weighted by Gasteiger charge is 2.25. The Hall–Kier alpha value is -4.78. The maximum atomic E-state index is 12.1. The molecule has 0 bridgehead atoms. The Labute approximate surface area is 209 Å². The van der Waals surface area contributed by atoms with E-state index in [2.05, 4.69) is 32.9 Å². The third-order valence-corrected chi connectivity index (χ3v) is 5.87. The van der Waals surface area contributed by atoms with Gasteiger partial charge < -0.3 is 20.7 Å². The van der Waals surface area contributed by atoms with Crippen LogP contribution in [0.15, 0.2) is 61.6 Å². The number of pyridine rings is 1. The number of amides is 1. The Bertz CT molecular complexity index is 1320. The molecule has 4 rings (SSSR count). The monoisotopic (exact) mass is 482 g/mol. The molecule has 1 amide bonds. The van der Waals surface area contributed by atoms with Crippen LogP contribution in [0, 0.1) is 16.7 Å². The highest BCUT2D eigenvalue weighted by molar-refractivity contribution is 6.16. The average molecular weight is 483 g/mol. The van der Waals surface area contributed by atoms with Crippen LogP contribution in [0.1, 0.15) is 35.2 Å². The number of aromatic nitrogens is 3. The maximum Gasteiger partial charge on any atom is 0.246 e. The highest BCUT2D eigenvalue weighted by atomic mass is 16.5. The number of nitrogens with one attached hydrogen (secondary N) is 2. The summed E-state index contributed by atoms with van der Waals surface area (Å²) in [6.45, 7) is 4.94. The molecule has 1 atom stereocenters. The SMILES string of the molecule is C=CC(=O)N1CCCC(Nc2ncnc(N)c2C(=N)c2ccc(OCc3ccccn3)c(C#N)c2)C1. The molecule has 0 spiro atoms. The molecule has 0 saturated carbocycles. The van der Waals surface area contributed by atoms with Crippen molar-refractivity contribution in [2.75, 3.05) is 24.1 Å². The van der Waals surface area contributed by atoms with E-state index in [0.29, 0.717) is 35.8 Å². The van der Waals surface area contributed by atoms with Gasteiger partial charge in [0.2, 0.25) is 5.91 Å². The summed E-state index contributed by atoms with van der Waals surface area (Å²) in [5, 5.41) is 21.9. The number of anilines is 2. The lowest BCUT2D eigenvalue weighted by Gasteiger charge is -2.33. The Morgan fingerprint density at radius 1 is 1.33 bits per heavy atom. The third kappa shape index (κ3) is 5.47. The van der Waals surface area contributed by atoms with Crippen LogP contribution in [0.5, 0.6) is 5.75 Å². The Morgan fingerprint density at radius 3 is 2.94 bits per heavy atom. The third-order valence-electron chi connectivity index (χ3n) is 5.87. The van der Waals surface area contributed by atoms with Gasteiger partial charge in [-0.25, -0.2) is 9.97 Å². The largest absolute Gasteiger partial charge is 0.486 e. The first-order valence-corrected chi connectivity index (χ1v) is 11.4. The lowest BCUT2D eigenvalue weighted by Crippen LogP contribution is -2.44. The molecule has 36 heavy (non-hydrogen) atoms. The summed E-state index contributed by atoms with van der Waals surface area (Å²) in [7, 11) is 0. The Balaban J connectivity index is 1.55. The minimum Gasteiger partial charge on any atom is -0.486 e. The summed E-state index contributed by atoms with van der Waals surface area (Å²) in [6.07, 6.45) is 5.98. The van der Waals surface area contributed by atoms with Crippen molar-refractivity contribution in [1.29, 1.82) is 10.7 Å². The van der Waals surface area contributed by atoms with Crippen molar-refractivity contribution in [3.63, 3.8) is 0 Å². The molecule has 1 saturated heterocycles. The number of likely N-dealkylation sites (tertiary alicyclic amines) is 1. The van der Waals surface area contributed by atoms with E-state index in [4.69, 9.17) is 15.9 Å². The number of ether oxygens (including phenoxy) is 1. The fourth-order valence-corrected chi connectivity index (χ4v) is 4.05. The number of nitrogen functional groups attached to an aromatic ring is 1. The molecule has 1 aliphatic rings. The van der Waals surface area contributed by atoms with E-state index >= 15 is 0 Å². The molecule has 3 heterocycles. The zero-order valence-electron chi connectivity index (χ0n) is 19.6. The van der Waals surface area contributed by atoms with Gasteiger partial charge in [-0.3, -0.25) is 15.2 Å². The highest BCUT2D eigenvalue weighted by Crippen LogP contribution is 2.27. The quantitative estimate of drug-likeness (QED) is 0.327. The average Bonchev–Trinajstić information content (AvgIpc) is 2.92. The molecule has 1 aromatic carbocycles. The second-order valence-corrected chi connectivity index (χ2v) is 8.26. The van der Waals surface area contributed by atoms with Gasteiger partial charge in [-0.2, -0.15) is 5.26 Å². The fraction of sp³-hybridized carbons (Fsp3) is 0.231. The maximum absolute atomic E-state index is 12.1. The minimum absolute atomic E-state index is 0.0678. The number of piperidine rings is 1. The molecule has 10 heteroatoms. The molecule has 1 fully saturated rings. The second-order valence-electron chi connectivity index (χ2n) is 8.26. The lowest BCUT2D eigenvalue weighted by molar-refractivity contribution is -0.127. The number of benzene rings is 1. The molecule has 1 aliphatic heterocycles. The van der Waals surface area contributed by atoms with Gasteiger partial charge in [0.25, 0.3) is 0 Å². The van der Waals surface area contributed by atoms with Gasteiger partial charge in [-0.05, 0) is 49.2 Å². The number of nitrogens with zero attached hydrogens (tertiary/aromatic N) is 5. The van der Waals surface area contributed by atoms with Crippen molar-refractivity contribution in [2.24, 2.45) is 0 Å². The van der Waals surface area contributed by atoms with Gasteiger partial charge in [0.1, 0.15) is 36.4 Å². The molecule has 0 radical (unpaired) electrons. The molecular weight excluding hydrogens is 456 g/mol. The first-order valence-electron chi connectivity index (χ1n) is 11.4. The van der Waals surface area contributed by atoms with Crippen LogP contribution in [0.4, 0.5) is 11.6 Å². The number of hydrogen-bond donors (Lipinski definition) is 3. The van der Waals surface area contributed by atoms with Crippen LogP contribution in [-0.4, -0.2) is 50.6 Å². The van der Waals surface area contributed by atoms with Crippen LogP contribution in [-0.2, 0) is 11.4 Å². The number of nitrogens with two attached hydrogens (primary N) is 1. The lowest BCUT2D eigenvalue weighted by atomic mass is 10.00. The summed E-state index contributed by atoms with van der Waals surface area (Å²) in [5.41, 5.74) is 8.05. The Kier molecular flexibility index (Phi) is 7.51. The summed E-state index contributed by atoms with van der Waals surface area (Å²) >= 11 is 0. The van der Waals surface area contributed by atoms with E-state index in [0.717, 1.165) is 18.5 Å². The van der Waals surface area contributed by atoms with Crippen LogP contribution >= 0.6 is 0 Å². The predicted octanol–water partition coefficient (Wildman–Crippen LogP) is 2.91. The van der Waals surface area contributed by atoms with Crippen molar-refractivity contribution in [1.82, 2.24) is 19.9 Å². The van der Waals surface area contributed by atoms with E-state index in [9.17, 15) is 10.1 Å². The number of hydrogen-bond acceptors (Lipinski definition) is 9. The molecular formula is C26H26N8O2. The van der Waals surface area contributed by atoms with Crippen LogP contribution in [0.25, 0.3) is 0 Å². The molecule has 1 unspecified atom stereocenters. The summed E-state index contributed by atoms with van der Waals surface area (Å²) < 4.78 is 5.78. The second kappa shape index (κ2) is 11.1. The van der Waals surface area contributed by atoms with E-state index in [1.807, 2.05) is 18.2 Å². The van der Waals surface area contributed by atoms with Crippen molar-refractivity contribution >= 4 is 23.3 Å². The topological polar surface area (TPSA) is 154 Å². The van der Waals surface area contributed by atoms with Gasteiger partial charge >= 0.3 is 0 Å². The van der Waals surface area contributed by atoms with Gasteiger partial charge in [-0.1, -0.05) is 12.6 Å². The molecule has 3 aromatic rings. The summed E-state index contributed by atoms with van der Waals surface area (Å²) in [5.74, 6) is 0.816. The van der Waals surface area contributed by atoms with Gasteiger partial charge in [0.05, 0.1) is 22.5 Å². The standard InChI is InChI=1S/C26H26N8O2/c1-2-22(35)34-11-5-7-19(14-34)33-26-23(25(29)31-16-32-26)24(28)17-8-9-21(18(12-17)13-27)36-15-20-6-3-4-10-30-20/h2-4,6,8-10,12,16,19,28H,1,5,7,11,14-15H2,(H3,29,31,32,33). The summed E-state index contributed by atoms with van der Waals surface area (Å²) in [4.78, 5) is 26.4. The van der Waals surface area contributed by atoms with Crippen LogP contribution in [0.3, 0.4) is 0 Å². The van der Waals surface area contributed by atoms with Crippen molar-refractivity contribution in [3.8, 4) is 11.8 Å². The number of nitriles is 1. The Morgan fingerprint density at radius 2 is 2.19 bits per heavy atom. The smallest absolute Gasteiger partial charge is 0.246 e. The van der Waals surface area contributed by atoms with E-state index in [-0.39, 0.29) is 35.6 Å². The van der Waals surface area contributed by atoms with Crippen LogP contribution in [0.2, 0.25) is 0 Å². The van der Waals surface area contributed by atoms with Gasteiger partial charge in [-0.15, -0.1) is 0 Å². The first kappa shape index (κ1) is 24.3. The fourth-order valence-electron chi connectivity index (χ4n) is 4.05. The minimum atomic E-state index is -0.119. The van der Waals surface area contributed by atoms with E-state index in [1.165, 1.54) is 12.4 Å². The molecule has 10 nitrogen and oxygen atoms in total. The number of carbonyl (C=O) groups excluding carboxylic acids is 1. The zero-order valence-corrected chi connectivity index (χ0v) is 19.6. The summed E-state index contributed by atoms with van der Waals surface area (Å²) in [6, 6.07) is 12.5. The molecule has 2 aromatic heterocycles. The predicted molar refractivity (Wildman–Crippen MR) is 136 cm³/mol.